The van der Waals surface area contributed by atoms with Crippen molar-refractivity contribution in [3.05, 3.63) is 53.1 Å². The van der Waals surface area contributed by atoms with Gasteiger partial charge in [-0.1, -0.05) is 12.1 Å². The highest BCUT2D eigenvalue weighted by Crippen LogP contribution is 2.30. The van der Waals surface area contributed by atoms with Gasteiger partial charge in [-0.2, -0.15) is 13.1 Å². The summed E-state index contributed by atoms with van der Waals surface area (Å²) in [6, 6.07) is 8.89. The summed E-state index contributed by atoms with van der Waals surface area (Å²) in [6.45, 7) is 0.0430. The number of halogens is 2. The van der Waals surface area contributed by atoms with Gasteiger partial charge in [0, 0.05) is 32.2 Å². The number of ether oxygens (including phenoxy) is 3. The van der Waals surface area contributed by atoms with E-state index in [2.05, 4.69) is 4.74 Å². The predicted octanol–water partition coefficient (Wildman–Crippen LogP) is 2.90. The van der Waals surface area contributed by atoms with Crippen LogP contribution in [0, 0.1) is 6.92 Å². The highest BCUT2D eigenvalue weighted by atomic mass is 32.2. The second-order valence-electron chi connectivity index (χ2n) is 7.52. The molecule has 2 aromatic carbocycles. The van der Waals surface area contributed by atoms with Gasteiger partial charge in [-0.25, -0.2) is 8.42 Å². The molecule has 0 atom stereocenters. The third-order valence-electron chi connectivity index (χ3n) is 5.26. The van der Waals surface area contributed by atoms with E-state index in [-0.39, 0.29) is 47.5 Å². The summed E-state index contributed by atoms with van der Waals surface area (Å²) >= 11 is 0. The van der Waals surface area contributed by atoms with Crippen molar-refractivity contribution in [2.24, 2.45) is 0 Å². The molecule has 0 bridgehead atoms. The van der Waals surface area contributed by atoms with Crippen LogP contribution in [-0.4, -0.2) is 70.6 Å². The van der Waals surface area contributed by atoms with Crippen LogP contribution in [0.5, 0.6) is 11.5 Å². The Labute approximate surface area is 191 Å². The number of alkyl halides is 2. The molecule has 0 spiro atoms. The largest absolute Gasteiger partial charge is 0.493 e. The highest BCUT2D eigenvalue weighted by Gasteiger charge is 2.28. The number of hydrogen-bond acceptors (Lipinski definition) is 6. The number of rotatable bonds is 8. The molecule has 0 aromatic heterocycles. The van der Waals surface area contributed by atoms with Gasteiger partial charge in [0.05, 0.1) is 25.2 Å². The van der Waals surface area contributed by atoms with Gasteiger partial charge in [0.1, 0.15) is 0 Å². The van der Waals surface area contributed by atoms with Crippen molar-refractivity contribution in [1.82, 2.24) is 9.21 Å². The number of carbonyl (C=O) groups is 1. The molecule has 1 amide bonds. The number of benzene rings is 2. The molecule has 3 rings (SSSR count). The second-order valence-corrected chi connectivity index (χ2v) is 9.46. The Morgan fingerprint density at radius 3 is 2.48 bits per heavy atom. The first-order valence-corrected chi connectivity index (χ1v) is 11.6. The lowest BCUT2D eigenvalue weighted by molar-refractivity contribution is -0.0512. The standard InChI is InChI=1S/C22H26F2N2O6S/c1-15-4-6-17(33(28,29)26-8-10-31-11-9-26)13-18(15)21(27)25(2)14-16-5-7-19(32-22(23)24)20(12-16)30-3/h4-7,12-13,22H,8-11,14H2,1-3H3. The van der Waals surface area contributed by atoms with Crippen molar-refractivity contribution in [2.75, 3.05) is 40.5 Å². The zero-order chi connectivity index (χ0) is 24.2. The van der Waals surface area contributed by atoms with E-state index in [0.29, 0.717) is 24.3 Å². The number of carbonyl (C=O) groups excluding carboxylic acids is 1. The first kappa shape index (κ1) is 24.9. The topological polar surface area (TPSA) is 85.4 Å². The molecule has 1 aliphatic rings. The fourth-order valence-corrected chi connectivity index (χ4v) is 4.92. The van der Waals surface area contributed by atoms with Gasteiger partial charge in [-0.15, -0.1) is 0 Å². The molecule has 33 heavy (non-hydrogen) atoms. The minimum Gasteiger partial charge on any atom is -0.493 e. The number of amides is 1. The van der Waals surface area contributed by atoms with Crippen LogP contribution < -0.4 is 9.47 Å². The average molecular weight is 485 g/mol. The van der Waals surface area contributed by atoms with Crippen LogP contribution in [0.25, 0.3) is 0 Å². The smallest absolute Gasteiger partial charge is 0.387 e. The molecule has 0 unspecified atom stereocenters. The van der Waals surface area contributed by atoms with E-state index in [1.807, 2.05) is 0 Å². The Hall–Kier alpha value is -2.76. The van der Waals surface area contributed by atoms with Crippen molar-refractivity contribution >= 4 is 15.9 Å². The van der Waals surface area contributed by atoms with Gasteiger partial charge < -0.3 is 19.1 Å². The van der Waals surface area contributed by atoms with E-state index in [4.69, 9.17) is 9.47 Å². The molecule has 2 aromatic rings. The lowest BCUT2D eigenvalue weighted by Gasteiger charge is -2.26. The Balaban J connectivity index is 1.81. The molecule has 1 fully saturated rings. The maximum atomic E-state index is 13.1. The van der Waals surface area contributed by atoms with Crippen LogP contribution >= 0.6 is 0 Å². The third-order valence-corrected chi connectivity index (χ3v) is 7.15. The first-order valence-electron chi connectivity index (χ1n) is 10.2. The Morgan fingerprint density at radius 1 is 1.15 bits per heavy atom. The minimum atomic E-state index is -3.75. The Bertz CT molecular complexity index is 1100. The van der Waals surface area contributed by atoms with Crippen molar-refractivity contribution < 1.29 is 36.2 Å². The van der Waals surface area contributed by atoms with Crippen molar-refractivity contribution in [1.29, 1.82) is 0 Å². The maximum Gasteiger partial charge on any atom is 0.387 e. The monoisotopic (exact) mass is 484 g/mol. The quantitative estimate of drug-likeness (QED) is 0.573. The minimum absolute atomic E-state index is 0.0434. The SMILES string of the molecule is COc1cc(CN(C)C(=O)c2cc(S(=O)(=O)N3CCOCC3)ccc2C)ccc1OC(F)F. The Morgan fingerprint density at radius 2 is 1.85 bits per heavy atom. The summed E-state index contributed by atoms with van der Waals surface area (Å²) in [5.41, 5.74) is 1.52. The predicted molar refractivity (Wildman–Crippen MR) is 116 cm³/mol. The van der Waals surface area contributed by atoms with Crippen LogP contribution in [0.1, 0.15) is 21.5 Å². The van der Waals surface area contributed by atoms with Crippen LogP contribution in [0.2, 0.25) is 0 Å². The van der Waals surface area contributed by atoms with Crippen LogP contribution in [0.3, 0.4) is 0 Å². The highest BCUT2D eigenvalue weighted by molar-refractivity contribution is 7.89. The summed E-state index contributed by atoms with van der Waals surface area (Å²) in [6.07, 6.45) is 0. The second kappa shape index (κ2) is 10.4. The number of nitrogens with zero attached hydrogens (tertiary/aromatic N) is 2. The van der Waals surface area contributed by atoms with Crippen LogP contribution in [-0.2, 0) is 21.3 Å². The van der Waals surface area contributed by atoms with Gasteiger partial charge in [0.2, 0.25) is 10.0 Å². The van der Waals surface area contributed by atoms with Crippen LogP contribution in [0.4, 0.5) is 8.78 Å². The zero-order valence-corrected chi connectivity index (χ0v) is 19.4. The Kier molecular flexibility index (Phi) is 7.88. The van der Waals surface area contributed by atoms with E-state index >= 15 is 0 Å². The van der Waals surface area contributed by atoms with Gasteiger partial charge in [0.25, 0.3) is 5.91 Å². The summed E-state index contributed by atoms with van der Waals surface area (Å²) in [5, 5.41) is 0. The summed E-state index contributed by atoms with van der Waals surface area (Å²) in [4.78, 5) is 14.6. The zero-order valence-electron chi connectivity index (χ0n) is 18.6. The van der Waals surface area contributed by atoms with Gasteiger partial charge >= 0.3 is 6.61 Å². The van der Waals surface area contributed by atoms with Gasteiger partial charge in [0.15, 0.2) is 11.5 Å². The van der Waals surface area contributed by atoms with E-state index < -0.39 is 16.6 Å². The molecule has 11 heteroatoms. The van der Waals surface area contributed by atoms with Crippen molar-refractivity contribution in [3.63, 3.8) is 0 Å². The molecule has 1 aliphatic heterocycles. The molecule has 1 heterocycles. The van der Waals surface area contributed by atoms with Crippen LogP contribution in [0.15, 0.2) is 41.3 Å². The summed E-state index contributed by atoms with van der Waals surface area (Å²) in [5.74, 6) is -0.371. The lowest BCUT2D eigenvalue weighted by Crippen LogP contribution is -2.40. The molecule has 0 radical (unpaired) electrons. The molecule has 1 saturated heterocycles. The number of sulfonamides is 1. The molecular formula is C22H26F2N2O6S. The van der Waals surface area contributed by atoms with E-state index in [1.165, 1.54) is 40.6 Å². The molecule has 0 N–H and O–H groups in total. The molecule has 8 nitrogen and oxygen atoms in total. The van der Waals surface area contributed by atoms with E-state index in [1.54, 1.807) is 26.1 Å². The summed E-state index contributed by atoms with van der Waals surface area (Å²) < 4.78 is 67.1. The van der Waals surface area contributed by atoms with Gasteiger partial charge in [-0.3, -0.25) is 4.79 Å². The number of methoxy groups -OCH3 is 1. The number of hydrogen-bond donors (Lipinski definition) is 0. The molecule has 0 saturated carbocycles. The first-order chi connectivity index (χ1) is 15.6. The summed E-state index contributed by atoms with van der Waals surface area (Å²) in [7, 11) is -0.852. The van der Waals surface area contributed by atoms with Crippen molar-refractivity contribution in [2.45, 2.75) is 25.0 Å². The van der Waals surface area contributed by atoms with E-state index in [9.17, 15) is 22.0 Å². The average Bonchev–Trinajstić information content (AvgIpc) is 2.80. The molecular weight excluding hydrogens is 458 g/mol. The fourth-order valence-electron chi connectivity index (χ4n) is 3.48. The number of morpholine rings is 1. The van der Waals surface area contributed by atoms with Crippen molar-refractivity contribution in [3.8, 4) is 11.5 Å². The normalized spacial score (nSPS) is 14.8. The number of aryl methyl sites for hydroxylation is 1. The molecule has 180 valence electrons. The van der Waals surface area contributed by atoms with E-state index in [0.717, 1.165) is 0 Å². The lowest BCUT2D eigenvalue weighted by atomic mass is 10.1. The molecule has 0 aliphatic carbocycles. The maximum absolute atomic E-state index is 13.1. The third kappa shape index (κ3) is 5.79. The van der Waals surface area contributed by atoms with Gasteiger partial charge in [-0.05, 0) is 42.3 Å². The fraction of sp³-hybridized carbons (Fsp3) is 0.409.